The topological polar surface area (TPSA) is 9.23 Å². The highest BCUT2D eigenvalue weighted by Gasteiger charge is 2.74. The summed E-state index contributed by atoms with van der Waals surface area (Å²) in [6.07, 6.45) is -18.7. The molecule has 0 aliphatic carbocycles. The molecule has 21 heavy (non-hydrogen) atoms. The second-order valence-corrected chi connectivity index (χ2v) is 4.97. The number of alkyl halides is 10. The van der Waals surface area contributed by atoms with Gasteiger partial charge in [0.25, 0.3) is 0 Å². The van der Waals surface area contributed by atoms with Crippen LogP contribution in [-0.4, -0.2) is 29.5 Å². The minimum Gasteiger partial charge on any atom is -0.419 e. The van der Waals surface area contributed by atoms with E-state index in [0.717, 1.165) is 0 Å². The second-order valence-electron chi connectivity index (χ2n) is 4.12. The van der Waals surface area contributed by atoms with Crippen LogP contribution in [0.4, 0.5) is 39.5 Å². The number of rotatable bonds is 2. The van der Waals surface area contributed by atoms with Crippen LogP contribution in [0.1, 0.15) is 12.8 Å². The summed E-state index contributed by atoms with van der Waals surface area (Å²) in [4.78, 5) is 0. The van der Waals surface area contributed by atoms with E-state index in [2.05, 4.69) is 16.3 Å². The third kappa shape index (κ3) is 3.30. The number of hydrogen-bond donors (Lipinski definition) is 0. The first-order valence-corrected chi connectivity index (χ1v) is 5.81. The van der Waals surface area contributed by atoms with Gasteiger partial charge in [0, 0.05) is 12.0 Å². The van der Waals surface area contributed by atoms with Crippen LogP contribution < -0.4 is 0 Å². The molecule has 124 valence electrons. The quantitative estimate of drug-likeness (QED) is 0.474. The van der Waals surface area contributed by atoms with Crippen molar-refractivity contribution in [2.24, 2.45) is 0 Å². The molecular formula is C9H5Cl2F9O. The maximum absolute atomic E-state index is 13.6. The van der Waals surface area contributed by atoms with Crippen molar-refractivity contribution in [3.63, 3.8) is 0 Å². The van der Waals surface area contributed by atoms with Crippen LogP contribution in [-0.2, 0) is 4.74 Å². The molecule has 0 spiro atoms. The molecule has 0 aromatic heterocycles. The molecule has 2 unspecified atom stereocenters. The molecule has 1 aliphatic rings. The number of allylic oxidation sites excluding steroid dienone is 1. The van der Waals surface area contributed by atoms with E-state index in [1.165, 1.54) is 0 Å². The number of hydrogen-bond acceptors (Lipinski definition) is 1. The molecule has 1 heterocycles. The second kappa shape index (κ2) is 5.29. The van der Waals surface area contributed by atoms with Crippen LogP contribution >= 0.6 is 23.2 Å². The highest BCUT2D eigenvalue weighted by Crippen LogP contribution is 2.53. The van der Waals surface area contributed by atoms with Gasteiger partial charge in [-0.15, -0.1) is 0 Å². The Morgan fingerprint density at radius 1 is 1.10 bits per heavy atom. The predicted octanol–water partition coefficient (Wildman–Crippen LogP) is 5.28. The van der Waals surface area contributed by atoms with Crippen LogP contribution in [0.3, 0.4) is 0 Å². The summed E-state index contributed by atoms with van der Waals surface area (Å²) >= 11 is 9.27. The molecule has 1 aliphatic heterocycles. The standard InChI is InChI=1S/C9H5Cl2F9O/c10-5-3(4(12)7(11,14)15)1-2-6(13,8(16,17)18)9(19,20)21-5/h4H,1-2H2. The van der Waals surface area contributed by atoms with Crippen LogP contribution in [0.15, 0.2) is 10.8 Å². The molecule has 2 atom stereocenters. The van der Waals surface area contributed by atoms with Gasteiger partial charge in [-0.2, -0.15) is 30.7 Å². The van der Waals surface area contributed by atoms with Gasteiger partial charge in [0.2, 0.25) is 6.17 Å². The van der Waals surface area contributed by atoms with Gasteiger partial charge in [0.1, 0.15) is 0 Å². The zero-order valence-electron chi connectivity index (χ0n) is 9.56. The number of halogens is 11. The molecular weight excluding hydrogens is 366 g/mol. The monoisotopic (exact) mass is 370 g/mol. The fourth-order valence-electron chi connectivity index (χ4n) is 1.54. The van der Waals surface area contributed by atoms with Gasteiger partial charge < -0.3 is 4.74 Å². The van der Waals surface area contributed by atoms with Crippen molar-refractivity contribution < 1.29 is 44.3 Å². The third-order valence-corrected chi connectivity index (χ3v) is 3.22. The average molecular weight is 371 g/mol. The van der Waals surface area contributed by atoms with Crippen molar-refractivity contribution in [1.82, 2.24) is 0 Å². The fourth-order valence-corrected chi connectivity index (χ4v) is 1.96. The molecule has 0 N–H and O–H groups in total. The van der Waals surface area contributed by atoms with Gasteiger partial charge in [0.05, 0.1) is 0 Å². The van der Waals surface area contributed by atoms with E-state index >= 15 is 0 Å². The first kappa shape index (κ1) is 18.5. The highest BCUT2D eigenvalue weighted by molar-refractivity contribution is 6.29. The average Bonchev–Trinajstić information content (AvgIpc) is 2.32. The zero-order valence-corrected chi connectivity index (χ0v) is 11.1. The van der Waals surface area contributed by atoms with E-state index in [-0.39, 0.29) is 0 Å². The van der Waals surface area contributed by atoms with Crippen LogP contribution in [0, 0.1) is 0 Å². The molecule has 1 nitrogen and oxygen atoms in total. The Balaban J connectivity index is 3.25. The molecule has 0 aromatic carbocycles. The van der Waals surface area contributed by atoms with E-state index in [9.17, 15) is 39.5 Å². The van der Waals surface area contributed by atoms with Crippen molar-refractivity contribution in [2.75, 3.05) is 0 Å². The van der Waals surface area contributed by atoms with Crippen molar-refractivity contribution in [1.29, 1.82) is 0 Å². The SMILES string of the molecule is FC(C1=C(Cl)OC(F)(F)C(F)(C(F)(F)F)CC1)C(F)(F)Cl. The van der Waals surface area contributed by atoms with Crippen molar-refractivity contribution >= 4 is 23.2 Å². The summed E-state index contributed by atoms with van der Waals surface area (Å²) in [6.45, 7) is 0. The Morgan fingerprint density at radius 3 is 1.95 bits per heavy atom. The smallest absolute Gasteiger partial charge is 0.419 e. The Bertz CT molecular complexity index is 441. The van der Waals surface area contributed by atoms with Crippen LogP contribution in [0.2, 0.25) is 0 Å². The third-order valence-electron chi connectivity index (χ3n) is 2.71. The maximum atomic E-state index is 13.6. The maximum Gasteiger partial charge on any atom is 0.442 e. The van der Waals surface area contributed by atoms with E-state index in [4.69, 9.17) is 11.6 Å². The molecule has 0 radical (unpaired) electrons. The summed E-state index contributed by atoms with van der Waals surface area (Å²) in [5, 5.41) is -6.44. The zero-order chi connectivity index (χ0) is 16.9. The van der Waals surface area contributed by atoms with E-state index in [1.807, 2.05) is 0 Å². The highest BCUT2D eigenvalue weighted by atomic mass is 35.5. The first-order valence-electron chi connectivity index (χ1n) is 5.05. The van der Waals surface area contributed by atoms with Gasteiger partial charge in [-0.25, -0.2) is 8.78 Å². The minimum atomic E-state index is -6.10. The summed E-state index contributed by atoms with van der Waals surface area (Å²) in [7, 11) is 0. The Hall–Kier alpha value is -0.510. The van der Waals surface area contributed by atoms with Gasteiger partial charge in [-0.1, -0.05) is 0 Å². The number of ether oxygens (including phenoxy) is 1. The van der Waals surface area contributed by atoms with E-state index in [0.29, 0.717) is 0 Å². The van der Waals surface area contributed by atoms with Gasteiger partial charge in [-0.3, -0.25) is 0 Å². The Morgan fingerprint density at radius 2 is 1.57 bits per heavy atom. The molecule has 1 rings (SSSR count). The van der Waals surface area contributed by atoms with Crippen molar-refractivity contribution in [2.45, 2.75) is 42.3 Å². The summed E-state index contributed by atoms with van der Waals surface area (Å²) in [5.41, 5.74) is -6.71. The van der Waals surface area contributed by atoms with Crippen LogP contribution in [0.25, 0.3) is 0 Å². The normalized spacial score (nSPS) is 28.9. The molecule has 0 fully saturated rings. The molecule has 0 amide bonds. The summed E-state index contributed by atoms with van der Waals surface area (Å²) in [5.74, 6) is 0. The predicted molar refractivity (Wildman–Crippen MR) is 53.7 cm³/mol. The van der Waals surface area contributed by atoms with Gasteiger partial charge in [0.15, 0.2) is 5.22 Å². The van der Waals surface area contributed by atoms with Crippen molar-refractivity contribution in [3.8, 4) is 0 Å². The molecule has 0 saturated carbocycles. The molecule has 0 aromatic rings. The largest absolute Gasteiger partial charge is 0.442 e. The van der Waals surface area contributed by atoms with E-state index < -0.39 is 53.1 Å². The molecule has 12 heteroatoms. The lowest BCUT2D eigenvalue weighted by Crippen LogP contribution is -2.55. The first-order chi connectivity index (χ1) is 9.13. The molecule has 0 saturated heterocycles. The summed E-state index contributed by atoms with van der Waals surface area (Å²) < 4.78 is 119. The lowest BCUT2D eigenvalue weighted by molar-refractivity contribution is -0.370. The lowest BCUT2D eigenvalue weighted by atomic mass is 9.94. The van der Waals surface area contributed by atoms with Gasteiger partial charge in [-0.05, 0) is 29.6 Å². The fraction of sp³-hybridized carbons (Fsp3) is 0.778. The minimum absolute atomic E-state index is 1.49. The van der Waals surface area contributed by atoms with E-state index in [1.54, 1.807) is 0 Å². The Labute approximate surface area is 121 Å². The lowest BCUT2D eigenvalue weighted by Gasteiger charge is -2.32. The Kier molecular flexibility index (Phi) is 4.67. The van der Waals surface area contributed by atoms with Crippen LogP contribution in [0.5, 0.6) is 0 Å². The summed E-state index contributed by atoms with van der Waals surface area (Å²) in [6, 6.07) is 0. The van der Waals surface area contributed by atoms with Gasteiger partial charge >= 0.3 is 23.3 Å². The van der Waals surface area contributed by atoms with Crippen molar-refractivity contribution in [3.05, 3.63) is 10.8 Å². The molecule has 0 bridgehead atoms.